The molecule has 1 aromatic heterocycles. The van der Waals surface area contributed by atoms with Crippen molar-refractivity contribution in [1.29, 1.82) is 0 Å². The number of aryl methyl sites for hydroxylation is 1. The van der Waals surface area contributed by atoms with Crippen LogP contribution in [0.3, 0.4) is 0 Å². The van der Waals surface area contributed by atoms with E-state index >= 15 is 0 Å². The number of furan rings is 1. The van der Waals surface area contributed by atoms with Crippen LogP contribution < -0.4 is 0 Å². The molecule has 0 N–H and O–H groups in total. The van der Waals surface area contributed by atoms with Gasteiger partial charge in [0.25, 0.3) is 5.91 Å². The molecule has 3 rings (SSSR count). The molecule has 6 nitrogen and oxygen atoms in total. The zero-order valence-corrected chi connectivity index (χ0v) is 15.4. The lowest BCUT2D eigenvalue weighted by Crippen LogP contribution is -2.49. The highest BCUT2D eigenvalue weighted by molar-refractivity contribution is 6.30. The number of rotatable bonds is 5. The Kier molecular flexibility index (Phi) is 5.96. The summed E-state index contributed by atoms with van der Waals surface area (Å²) in [5, 5.41) is 0.725. The molecule has 0 saturated carbocycles. The maximum Gasteiger partial charge on any atom is 0.374 e. The van der Waals surface area contributed by atoms with Gasteiger partial charge in [-0.1, -0.05) is 23.7 Å². The Morgan fingerprint density at radius 2 is 1.77 bits per heavy atom. The van der Waals surface area contributed by atoms with Crippen molar-refractivity contribution in [3.63, 3.8) is 0 Å². The largest absolute Gasteiger partial charge is 0.454 e. The van der Waals surface area contributed by atoms with Crippen LogP contribution in [0.5, 0.6) is 0 Å². The van der Waals surface area contributed by atoms with Crippen molar-refractivity contribution in [2.45, 2.75) is 13.5 Å². The molecule has 2 aromatic rings. The second kappa shape index (κ2) is 8.38. The number of nitrogens with zero attached hydrogens (tertiary/aromatic N) is 2. The minimum atomic E-state index is -0.618. The number of esters is 1. The topological polar surface area (TPSA) is 63.0 Å². The number of amides is 1. The fourth-order valence-corrected chi connectivity index (χ4v) is 2.96. The maximum absolute atomic E-state index is 12.2. The van der Waals surface area contributed by atoms with E-state index in [2.05, 4.69) is 4.90 Å². The van der Waals surface area contributed by atoms with Crippen molar-refractivity contribution in [1.82, 2.24) is 9.80 Å². The first-order chi connectivity index (χ1) is 12.5. The Labute approximate surface area is 157 Å². The van der Waals surface area contributed by atoms with E-state index in [1.807, 2.05) is 24.3 Å². The molecular weight excluding hydrogens is 356 g/mol. The van der Waals surface area contributed by atoms with Crippen LogP contribution in [0.15, 0.2) is 40.8 Å². The number of hydrogen-bond donors (Lipinski definition) is 0. The van der Waals surface area contributed by atoms with Crippen molar-refractivity contribution in [2.24, 2.45) is 0 Å². The number of hydrogen-bond acceptors (Lipinski definition) is 5. The first-order valence-corrected chi connectivity index (χ1v) is 8.87. The molecule has 0 unspecified atom stereocenters. The summed E-state index contributed by atoms with van der Waals surface area (Å²) in [6.45, 7) is 5.08. The minimum absolute atomic E-state index is 0.114. The number of halogens is 1. The second-order valence-corrected chi connectivity index (χ2v) is 6.71. The van der Waals surface area contributed by atoms with Crippen molar-refractivity contribution in [3.05, 3.63) is 58.5 Å². The van der Waals surface area contributed by atoms with Gasteiger partial charge >= 0.3 is 5.97 Å². The van der Waals surface area contributed by atoms with Crippen LogP contribution >= 0.6 is 11.6 Å². The van der Waals surface area contributed by atoms with Crippen molar-refractivity contribution >= 4 is 23.5 Å². The lowest BCUT2D eigenvalue weighted by molar-refractivity contribution is -0.136. The molecule has 0 atom stereocenters. The fraction of sp³-hybridized carbons (Fsp3) is 0.368. The molecule has 138 valence electrons. The van der Waals surface area contributed by atoms with Gasteiger partial charge in [-0.3, -0.25) is 9.69 Å². The van der Waals surface area contributed by atoms with Gasteiger partial charge in [0, 0.05) is 37.7 Å². The van der Waals surface area contributed by atoms with E-state index < -0.39 is 5.97 Å². The standard InChI is InChI=1S/C19H21ClN2O4/c1-14-2-7-17(26-14)19(24)25-13-18(23)22-10-8-21(9-11-22)12-15-3-5-16(20)6-4-15/h2-7H,8-13H2,1H3. The van der Waals surface area contributed by atoms with E-state index in [9.17, 15) is 9.59 Å². The van der Waals surface area contributed by atoms with Gasteiger partial charge in [0.2, 0.25) is 5.76 Å². The second-order valence-electron chi connectivity index (χ2n) is 6.27. The number of benzene rings is 1. The molecule has 1 fully saturated rings. The van der Waals surface area contributed by atoms with Gasteiger partial charge in [0.15, 0.2) is 6.61 Å². The Balaban J connectivity index is 1.41. The van der Waals surface area contributed by atoms with Gasteiger partial charge in [-0.15, -0.1) is 0 Å². The van der Waals surface area contributed by atoms with E-state index in [-0.39, 0.29) is 18.3 Å². The van der Waals surface area contributed by atoms with Crippen molar-refractivity contribution in [3.8, 4) is 0 Å². The predicted molar refractivity (Wildman–Crippen MR) is 97.0 cm³/mol. The monoisotopic (exact) mass is 376 g/mol. The molecule has 1 amide bonds. The Morgan fingerprint density at radius 3 is 2.38 bits per heavy atom. The molecule has 0 radical (unpaired) electrons. The Hall–Kier alpha value is -2.31. The zero-order valence-electron chi connectivity index (χ0n) is 14.6. The van der Waals surface area contributed by atoms with Crippen LogP contribution in [0, 0.1) is 6.92 Å². The third kappa shape index (κ3) is 4.86. The van der Waals surface area contributed by atoms with E-state index in [0.29, 0.717) is 18.8 Å². The molecular formula is C19H21ClN2O4. The summed E-state index contributed by atoms with van der Waals surface area (Å²) in [7, 11) is 0. The smallest absolute Gasteiger partial charge is 0.374 e. The summed E-state index contributed by atoms with van der Waals surface area (Å²) in [4.78, 5) is 28.1. The molecule has 1 aliphatic heterocycles. The highest BCUT2D eigenvalue weighted by Crippen LogP contribution is 2.13. The lowest BCUT2D eigenvalue weighted by atomic mass is 10.2. The highest BCUT2D eigenvalue weighted by Gasteiger charge is 2.22. The SMILES string of the molecule is Cc1ccc(C(=O)OCC(=O)N2CCN(Cc3ccc(Cl)cc3)CC2)o1. The van der Waals surface area contributed by atoms with Crippen LogP contribution in [-0.4, -0.2) is 54.5 Å². The van der Waals surface area contributed by atoms with Gasteiger partial charge in [0.05, 0.1) is 0 Å². The summed E-state index contributed by atoms with van der Waals surface area (Å²) >= 11 is 5.90. The predicted octanol–water partition coefficient (Wildman–Crippen LogP) is 2.74. The summed E-state index contributed by atoms with van der Waals surface area (Å²) in [5.41, 5.74) is 1.19. The summed E-state index contributed by atoms with van der Waals surface area (Å²) in [6, 6.07) is 11.0. The van der Waals surface area contributed by atoms with Crippen LogP contribution in [0.2, 0.25) is 5.02 Å². The molecule has 1 aliphatic rings. The molecule has 1 saturated heterocycles. The van der Waals surface area contributed by atoms with Crippen LogP contribution in [0.4, 0.5) is 0 Å². The first-order valence-electron chi connectivity index (χ1n) is 8.49. The van der Waals surface area contributed by atoms with E-state index in [1.165, 1.54) is 11.6 Å². The molecule has 26 heavy (non-hydrogen) atoms. The van der Waals surface area contributed by atoms with Crippen LogP contribution in [-0.2, 0) is 16.1 Å². The first kappa shape index (κ1) is 18.5. The van der Waals surface area contributed by atoms with Crippen molar-refractivity contribution in [2.75, 3.05) is 32.8 Å². The third-order valence-electron chi connectivity index (χ3n) is 4.31. The number of carbonyl (C=O) groups excluding carboxylic acids is 2. The van der Waals surface area contributed by atoms with Crippen LogP contribution in [0.25, 0.3) is 0 Å². The zero-order chi connectivity index (χ0) is 18.5. The van der Waals surface area contributed by atoms with Crippen molar-refractivity contribution < 1.29 is 18.7 Å². The highest BCUT2D eigenvalue weighted by atomic mass is 35.5. The number of piperazine rings is 1. The quantitative estimate of drug-likeness (QED) is 0.751. The lowest BCUT2D eigenvalue weighted by Gasteiger charge is -2.34. The van der Waals surface area contributed by atoms with Gasteiger partial charge in [-0.2, -0.15) is 0 Å². The average molecular weight is 377 g/mol. The molecule has 1 aromatic carbocycles. The Bertz CT molecular complexity index is 764. The van der Waals surface area contributed by atoms with Gasteiger partial charge < -0.3 is 14.1 Å². The van der Waals surface area contributed by atoms with Gasteiger partial charge in [0.1, 0.15) is 5.76 Å². The van der Waals surface area contributed by atoms with E-state index in [4.69, 9.17) is 20.8 Å². The molecule has 0 aliphatic carbocycles. The normalized spacial score (nSPS) is 15.1. The number of ether oxygens (including phenoxy) is 1. The Morgan fingerprint density at radius 1 is 1.08 bits per heavy atom. The number of carbonyl (C=O) groups is 2. The summed E-state index contributed by atoms with van der Waals surface area (Å²) < 4.78 is 10.2. The van der Waals surface area contributed by atoms with E-state index in [0.717, 1.165) is 24.7 Å². The van der Waals surface area contributed by atoms with E-state index in [1.54, 1.807) is 17.9 Å². The molecule has 7 heteroatoms. The van der Waals surface area contributed by atoms with Gasteiger partial charge in [-0.05, 0) is 36.8 Å². The third-order valence-corrected chi connectivity index (χ3v) is 4.56. The minimum Gasteiger partial charge on any atom is -0.454 e. The van der Waals surface area contributed by atoms with Gasteiger partial charge in [-0.25, -0.2) is 4.79 Å². The molecule has 0 bridgehead atoms. The fourth-order valence-electron chi connectivity index (χ4n) is 2.84. The summed E-state index contributed by atoms with van der Waals surface area (Å²) in [6.07, 6.45) is 0. The molecule has 0 spiro atoms. The maximum atomic E-state index is 12.2. The average Bonchev–Trinajstić information content (AvgIpc) is 3.08. The van der Waals surface area contributed by atoms with Crippen LogP contribution in [0.1, 0.15) is 21.9 Å². The summed E-state index contributed by atoms with van der Waals surface area (Å²) in [5.74, 6) is -0.0660. The molecule has 2 heterocycles.